The zero-order valence-corrected chi connectivity index (χ0v) is 17.6. The van der Waals surface area contributed by atoms with Crippen molar-refractivity contribution in [2.45, 2.75) is 31.6 Å². The van der Waals surface area contributed by atoms with Crippen molar-refractivity contribution in [3.63, 3.8) is 0 Å². The summed E-state index contributed by atoms with van der Waals surface area (Å²) in [4.78, 5) is 0. The molecule has 0 amide bonds. The molecule has 27 heavy (non-hydrogen) atoms. The average Bonchev–Trinajstić information content (AvgIpc) is 3.01. The lowest BCUT2D eigenvalue weighted by Gasteiger charge is -2.22. The molecule has 0 fully saturated rings. The molecule has 3 aromatic carbocycles. The van der Waals surface area contributed by atoms with Crippen LogP contribution >= 0.6 is 15.9 Å². The van der Waals surface area contributed by atoms with Crippen molar-refractivity contribution in [3.8, 4) is 22.3 Å². The number of rotatable bonds is 1. The van der Waals surface area contributed by atoms with E-state index in [0.717, 1.165) is 4.47 Å². The second-order valence-electron chi connectivity index (χ2n) is 8.48. The highest BCUT2D eigenvalue weighted by atomic mass is 79.9. The van der Waals surface area contributed by atoms with Gasteiger partial charge in [0.05, 0.1) is 6.92 Å². The van der Waals surface area contributed by atoms with E-state index in [1.54, 1.807) is 0 Å². The highest BCUT2D eigenvalue weighted by Crippen LogP contribution is 2.56. The largest absolute Gasteiger partial charge is 0.174 e. The fraction of sp³-hybridized carbons (Fsp3) is 0.192. The van der Waals surface area contributed by atoms with Crippen LogP contribution in [0.3, 0.4) is 0 Å². The minimum atomic E-state index is -0.395. The second kappa shape index (κ2) is 5.17. The van der Waals surface area contributed by atoms with Gasteiger partial charge in [-0.1, -0.05) is 60.1 Å². The summed E-state index contributed by atoms with van der Waals surface area (Å²) in [5, 5.41) is 0. The Hall–Kier alpha value is -2.25. The minimum absolute atomic E-state index is 0.0189. The molecule has 1 unspecified atom stereocenters. The van der Waals surface area contributed by atoms with Crippen molar-refractivity contribution in [1.29, 1.82) is 0 Å². The number of hydrogen-bond acceptors (Lipinski definition) is 0. The fourth-order valence-electron chi connectivity index (χ4n) is 4.97. The first kappa shape index (κ1) is 16.9. The number of allylic oxidation sites excluding steroid dienone is 1. The monoisotopic (exact) mass is 413 g/mol. The number of fused-ring (bicyclic) bond motifs is 6. The minimum Gasteiger partial charge on any atom is -0.0976 e. The van der Waals surface area contributed by atoms with Crippen LogP contribution in [-0.4, -0.2) is 0 Å². The van der Waals surface area contributed by atoms with Gasteiger partial charge in [0.1, 0.15) is 0 Å². The molecule has 0 saturated carbocycles. The van der Waals surface area contributed by atoms with Gasteiger partial charge in [-0.2, -0.15) is 0 Å². The standard InChI is InChI=1S/C26H22Br/c1-6-26(5)23-11-15(2)7-9-18(23)20-13-22-19(14-24(20)26)17-10-8-16(27)12-21(17)25(22,3)4/h6-14H,1,5H2,2-4H3/q+1. The predicted molar refractivity (Wildman–Crippen MR) is 118 cm³/mol. The zero-order valence-electron chi connectivity index (χ0n) is 16.0. The van der Waals surface area contributed by atoms with Crippen molar-refractivity contribution in [2.24, 2.45) is 0 Å². The summed E-state index contributed by atoms with van der Waals surface area (Å²) in [7, 11) is 0. The van der Waals surface area contributed by atoms with Crippen LogP contribution in [0.1, 0.15) is 41.7 Å². The molecule has 5 rings (SSSR count). The Labute approximate surface area is 170 Å². The zero-order chi connectivity index (χ0) is 19.1. The summed E-state index contributed by atoms with van der Waals surface area (Å²) in [6.45, 7) is 15.6. The smallest absolute Gasteiger partial charge is 0.0976 e. The number of benzene rings is 3. The molecule has 0 bridgehead atoms. The van der Waals surface area contributed by atoms with Crippen molar-refractivity contribution in [2.75, 3.05) is 0 Å². The number of aryl methyl sites for hydroxylation is 1. The van der Waals surface area contributed by atoms with E-state index in [1.165, 1.54) is 50.1 Å². The molecule has 0 aromatic heterocycles. The van der Waals surface area contributed by atoms with Gasteiger partial charge in [0.25, 0.3) is 0 Å². The molecule has 0 spiro atoms. The molecule has 1 heteroatoms. The molecule has 0 aliphatic heterocycles. The number of hydrogen-bond donors (Lipinski definition) is 0. The molecule has 2 aliphatic rings. The van der Waals surface area contributed by atoms with Gasteiger partial charge in [-0.3, -0.25) is 0 Å². The first-order chi connectivity index (χ1) is 12.8. The summed E-state index contributed by atoms with van der Waals surface area (Å²) in [5.41, 5.74) is 11.4. The Morgan fingerprint density at radius 2 is 1.37 bits per heavy atom. The molecule has 0 saturated heterocycles. The quantitative estimate of drug-likeness (QED) is 0.288. The molecule has 0 heterocycles. The van der Waals surface area contributed by atoms with Crippen LogP contribution in [0.4, 0.5) is 0 Å². The number of halogens is 1. The molecule has 0 nitrogen and oxygen atoms in total. The van der Waals surface area contributed by atoms with Gasteiger partial charge in [0, 0.05) is 21.0 Å². The van der Waals surface area contributed by atoms with Crippen LogP contribution < -0.4 is 0 Å². The summed E-state index contributed by atoms with van der Waals surface area (Å²) in [6, 6.07) is 18.1. The summed E-state index contributed by atoms with van der Waals surface area (Å²) in [5.74, 6) is 0. The van der Waals surface area contributed by atoms with Gasteiger partial charge >= 0.3 is 0 Å². The van der Waals surface area contributed by atoms with E-state index in [4.69, 9.17) is 0 Å². The Balaban J connectivity index is 1.86. The first-order valence-corrected chi connectivity index (χ1v) is 10.2. The molecule has 0 radical (unpaired) electrons. The van der Waals surface area contributed by atoms with E-state index in [0.29, 0.717) is 0 Å². The first-order valence-electron chi connectivity index (χ1n) is 9.37. The maximum atomic E-state index is 4.62. The Morgan fingerprint density at radius 1 is 0.815 bits per heavy atom. The summed E-state index contributed by atoms with van der Waals surface area (Å²) in [6.07, 6.45) is 2.01. The van der Waals surface area contributed by atoms with Crippen LogP contribution in [0.15, 0.2) is 65.7 Å². The van der Waals surface area contributed by atoms with Crippen molar-refractivity contribution in [1.82, 2.24) is 0 Å². The van der Waals surface area contributed by atoms with E-state index in [-0.39, 0.29) is 5.41 Å². The second-order valence-corrected chi connectivity index (χ2v) is 9.40. The molecule has 132 valence electrons. The van der Waals surface area contributed by atoms with Gasteiger partial charge in [-0.05, 0) is 76.7 Å². The Kier molecular flexibility index (Phi) is 3.24. The third-order valence-electron chi connectivity index (χ3n) is 6.55. The Morgan fingerprint density at radius 3 is 2.11 bits per heavy atom. The van der Waals surface area contributed by atoms with E-state index < -0.39 is 5.41 Å². The predicted octanol–water partition coefficient (Wildman–Crippen LogP) is 7.35. The van der Waals surface area contributed by atoms with E-state index >= 15 is 0 Å². The third kappa shape index (κ3) is 2.01. The summed E-state index contributed by atoms with van der Waals surface area (Å²) >= 11 is 3.65. The van der Waals surface area contributed by atoms with Crippen LogP contribution in [0.25, 0.3) is 22.3 Å². The normalized spacial score (nSPS) is 20.6. The Bertz CT molecular complexity index is 1150. The molecule has 3 aromatic rings. The maximum absolute atomic E-state index is 4.62. The van der Waals surface area contributed by atoms with Gasteiger partial charge in [0.15, 0.2) is 5.41 Å². The van der Waals surface area contributed by atoms with E-state index in [2.05, 4.69) is 98.7 Å². The maximum Gasteiger partial charge on any atom is 0.174 e. The highest BCUT2D eigenvalue weighted by Gasteiger charge is 2.46. The third-order valence-corrected chi connectivity index (χ3v) is 7.04. The van der Waals surface area contributed by atoms with Crippen molar-refractivity contribution < 1.29 is 0 Å². The van der Waals surface area contributed by atoms with Crippen LogP contribution in [0, 0.1) is 13.8 Å². The lowest BCUT2D eigenvalue weighted by Crippen LogP contribution is -2.18. The fourth-order valence-corrected chi connectivity index (χ4v) is 5.33. The van der Waals surface area contributed by atoms with Gasteiger partial charge in [-0.25, -0.2) is 0 Å². The van der Waals surface area contributed by atoms with Crippen molar-refractivity contribution in [3.05, 3.63) is 100 Å². The van der Waals surface area contributed by atoms with Gasteiger partial charge in [0.2, 0.25) is 0 Å². The molecule has 0 N–H and O–H groups in total. The van der Waals surface area contributed by atoms with E-state index in [1.807, 2.05) is 6.08 Å². The molecule has 2 aliphatic carbocycles. The lowest BCUT2D eigenvalue weighted by atomic mass is 9.78. The van der Waals surface area contributed by atoms with Gasteiger partial charge in [-0.15, -0.1) is 0 Å². The SMILES string of the molecule is C=CC1([CH2+])c2cc(C)ccc2-c2cc3c(cc21)-c1ccc(Br)cc1C3(C)C. The average molecular weight is 414 g/mol. The van der Waals surface area contributed by atoms with Crippen LogP contribution in [0.2, 0.25) is 0 Å². The van der Waals surface area contributed by atoms with E-state index in [9.17, 15) is 0 Å². The van der Waals surface area contributed by atoms with Crippen LogP contribution in [0.5, 0.6) is 0 Å². The summed E-state index contributed by atoms with van der Waals surface area (Å²) < 4.78 is 1.13. The topological polar surface area (TPSA) is 0 Å². The molecule has 1 atom stereocenters. The molecular formula is C26H22Br+. The molecular weight excluding hydrogens is 392 g/mol. The van der Waals surface area contributed by atoms with Crippen molar-refractivity contribution >= 4 is 15.9 Å². The highest BCUT2D eigenvalue weighted by molar-refractivity contribution is 9.10. The van der Waals surface area contributed by atoms with Crippen LogP contribution in [-0.2, 0) is 10.8 Å². The lowest BCUT2D eigenvalue weighted by molar-refractivity contribution is 0.660. The van der Waals surface area contributed by atoms with Gasteiger partial charge < -0.3 is 0 Å².